The number of halogens is 2. The van der Waals surface area contributed by atoms with Gasteiger partial charge in [-0.1, -0.05) is 27.5 Å². The second-order valence-corrected chi connectivity index (χ2v) is 4.61. The number of hydrogen-bond acceptors (Lipinski definition) is 1. The van der Waals surface area contributed by atoms with Gasteiger partial charge in [-0.25, -0.2) is 0 Å². The minimum atomic E-state index is 0.844. The van der Waals surface area contributed by atoms with Crippen LogP contribution in [0.1, 0.15) is 12.8 Å². The SMILES string of the molecule is Clc1cc(Br)ccc1N1CCCC1. The van der Waals surface area contributed by atoms with Gasteiger partial charge in [0.1, 0.15) is 0 Å². The van der Waals surface area contributed by atoms with Gasteiger partial charge in [0.05, 0.1) is 10.7 Å². The molecule has 1 aromatic carbocycles. The highest BCUT2D eigenvalue weighted by molar-refractivity contribution is 9.10. The van der Waals surface area contributed by atoms with E-state index in [1.54, 1.807) is 0 Å². The second-order valence-electron chi connectivity index (χ2n) is 3.29. The third-order valence-electron chi connectivity index (χ3n) is 2.36. The molecule has 1 aliphatic heterocycles. The van der Waals surface area contributed by atoms with Crippen LogP contribution in [-0.2, 0) is 0 Å². The molecule has 0 aliphatic carbocycles. The largest absolute Gasteiger partial charge is 0.370 e. The summed E-state index contributed by atoms with van der Waals surface area (Å²) in [4.78, 5) is 2.34. The lowest BCUT2D eigenvalue weighted by atomic mass is 10.3. The van der Waals surface area contributed by atoms with Gasteiger partial charge in [-0.15, -0.1) is 0 Å². The smallest absolute Gasteiger partial charge is 0.0650 e. The highest BCUT2D eigenvalue weighted by Crippen LogP contribution is 2.30. The summed E-state index contributed by atoms with van der Waals surface area (Å²) in [6, 6.07) is 6.08. The van der Waals surface area contributed by atoms with Crippen LogP contribution in [0.5, 0.6) is 0 Å². The van der Waals surface area contributed by atoms with Crippen LogP contribution in [0.4, 0.5) is 5.69 Å². The van der Waals surface area contributed by atoms with Gasteiger partial charge in [-0.3, -0.25) is 0 Å². The van der Waals surface area contributed by atoms with E-state index in [9.17, 15) is 0 Å². The van der Waals surface area contributed by atoms with Gasteiger partial charge in [0.2, 0.25) is 0 Å². The van der Waals surface area contributed by atoms with Gasteiger partial charge >= 0.3 is 0 Å². The Morgan fingerprint density at radius 3 is 2.54 bits per heavy atom. The first-order valence-corrected chi connectivity index (χ1v) is 5.64. The average Bonchev–Trinajstić information content (AvgIpc) is 2.56. The van der Waals surface area contributed by atoms with Crippen molar-refractivity contribution in [2.75, 3.05) is 18.0 Å². The normalized spacial score (nSPS) is 16.6. The molecule has 0 bridgehead atoms. The van der Waals surface area contributed by atoms with Crippen molar-refractivity contribution < 1.29 is 0 Å². The minimum Gasteiger partial charge on any atom is -0.370 e. The summed E-state index contributed by atoms with van der Waals surface area (Å²) in [5.41, 5.74) is 1.17. The lowest BCUT2D eigenvalue weighted by Gasteiger charge is -2.18. The number of benzene rings is 1. The molecule has 1 nitrogen and oxygen atoms in total. The zero-order valence-corrected chi connectivity index (χ0v) is 9.61. The Hall–Kier alpha value is -0.210. The summed E-state index contributed by atoms with van der Waals surface area (Å²) in [5, 5.41) is 0.844. The van der Waals surface area contributed by atoms with Crippen LogP contribution in [-0.4, -0.2) is 13.1 Å². The lowest BCUT2D eigenvalue weighted by Crippen LogP contribution is -2.17. The number of hydrogen-bond donors (Lipinski definition) is 0. The molecule has 3 heteroatoms. The summed E-state index contributed by atoms with van der Waals surface area (Å²) >= 11 is 9.54. The van der Waals surface area contributed by atoms with Crippen LogP contribution in [0.15, 0.2) is 22.7 Å². The van der Waals surface area contributed by atoms with Crippen LogP contribution >= 0.6 is 27.5 Å². The number of rotatable bonds is 1. The fraction of sp³-hybridized carbons (Fsp3) is 0.400. The molecule has 1 fully saturated rings. The van der Waals surface area contributed by atoms with Crippen molar-refractivity contribution >= 4 is 33.2 Å². The summed E-state index contributed by atoms with van der Waals surface area (Å²) in [6.07, 6.45) is 2.57. The fourth-order valence-electron chi connectivity index (χ4n) is 1.70. The van der Waals surface area contributed by atoms with E-state index in [0.29, 0.717) is 0 Å². The van der Waals surface area contributed by atoms with E-state index in [4.69, 9.17) is 11.6 Å². The van der Waals surface area contributed by atoms with Crippen LogP contribution in [0, 0.1) is 0 Å². The molecule has 0 unspecified atom stereocenters. The maximum atomic E-state index is 6.14. The Bertz CT molecular complexity index is 308. The van der Waals surface area contributed by atoms with E-state index in [1.807, 2.05) is 12.1 Å². The van der Waals surface area contributed by atoms with Crippen molar-refractivity contribution in [1.82, 2.24) is 0 Å². The van der Waals surface area contributed by atoms with E-state index in [1.165, 1.54) is 18.5 Å². The van der Waals surface area contributed by atoms with Crippen LogP contribution in [0.3, 0.4) is 0 Å². The van der Waals surface area contributed by atoms with Crippen molar-refractivity contribution in [2.45, 2.75) is 12.8 Å². The maximum absolute atomic E-state index is 6.14. The second kappa shape index (κ2) is 3.89. The van der Waals surface area contributed by atoms with Gasteiger partial charge in [0.25, 0.3) is 0 Å². The monoisotopic (exact) mass is 259 g/mol. The van der Waals surface area contributed by atoms with E-state index < -0.39 is 0 Å². The molecule has 0 spiro atoms. The molecule has 13 heavy (non-hydrogen) atoms. The number of anilines is 1. The van der Waals surface area contributed by atoms with Crippen molar-refractivity contribution in [3.63, 3.8) is 0 Å². The molecule has 1 heterocycles. The predicted molar refractivity (Wildman–Crippen MR) is 60.6 cm³/mol. The molecule has 0 N–H and O–H groups in total. The number of nitrogens with zero attached hydrogens (tertiary/aromatic N) is 1. The highest BCUT2D eigenvalue weighted by atomic mass is 79.9. The molecule has 0 atom stereocenters. The van der Waals surface area contributed by atoms with Crippen molar-refractivity contribution in [1.29, 1.82) is 0 Å². The molecule has 1 aromatic rings. The molecule has 1 aliphatic rings. The first-order chi connectivity index (χ1) is 6.27. The van der Waals surface area contributed by atoms with E-state index >= 15 is 0 Å². The predicted octanol–water partition coefficient (Wildman–Crippen LogP) is 3.70. The quantitative estimate of drug-likeness (QED) is 0.744. The molecule has 2 rings (SSSR count). The molecular weight excluding hydrogens is 249 g/mol. The first-order valence-electron chi connectivity index (χ1n) is 4.47. The molecule has 0 amide bonds. The topological polar surface area (TPSA) is 3.24 Å². The van der Waals surface area contributed by atoms with Gasteiger partial charge in [-0.05, 0) is 31.0 Å². The Balaban J connectivity index is 2.29. The average molecular weight is 261 g/mol. The summed E-state index contributed by atoms with van der Waals surface area (Å²) < 4.78 is 1.04. The molecule has 1 saturated heterocycles. The Morgan fingerprint density at radius 1 is 1.23 bits per heavy atom. The Labute approximate surface area is 91.8 Å². The van der Waals surface area contributed by atoms with Crippen LogP contribution < -0.4 is 4.90 Å². The van der Waals surface area contributed by atoms with Crippen LogP contribution in [0.2, 0.25) is 5.02 Å². The lowest BCUT2D eigenvalue weighted by molar-refractivity contribution is 0.949. The Morgan fingerprint density at radius 2 is 1.92 bits per heavy atom. The molecule has 0 saturated carbocycles. The van der Waals surface area contributed by atoms with E-state index in [2.05, 4.69) is 26.9 Å². The zero-order chi connectivity index (χ0) is 9.26. The summed E-state index contributed by atoms with van der Waals surface area (Å²) in [6.45, 7) is 2.28. The Kier molecular flexibility index (Phi) is 2.80. The van der Waals surface area contributed by atoms with E-state index in [-0.39, 0.29) is 0 Å². The first kappa shape index (κ1) is 9.35. The molecule has 70 valence electrons. The van der Waals surface area contributed by atoms with Gasteiger partial charge in [0.15, 0.2) is 0 Å². The van der Waals surface area contributed by atoms with Crippen molar-refractivity contribution in [3.05, 3.63) is 27.7 Å². The summed E-state index contributed by atoms with van der Waals surface area (Å²) in [7, 11) is 0. The van der Waals surface area contributed by atoms with E-state index in [0.717, 1.165) is 22.6 Å². The molecule has 0 radical (unpaired) electrons. The van der Waals surface area contributed by atoms with Gasteiger partial charge < -0.3 is 4.90 Å². The highest BCUT2D eigenvalue weighted by Gasteiger charge is 2.14. The van der Waals surface area contributed by atoms with Crippen molar-refractivity contribution in [2.24, 2.45) is 0 Å². The third kappa shape index (κ3) is 2.00. The standard InChI is InChI=1S/C10H11BrClN/c11-8-3-4-10(9(12)7-8)13-5-1-2-6-13/h3-4,7H,1-2,5-6H2. The zero-order valence-electron chi connectivity index (χ0n) is 7.26. The minimum absolute atomic E-state index is 0.844. The summed E-state index contributed by atoms with van der Waals surface area (Å²) in [5.74, 6) is 0. The van der Waals surface area contributed by atoms with Crippen molar-refractivity contribution in [3.8, 4) is 0 Å². The third-order valence-corrected chi connectivity index (χ3v) is 3.15. The maximum Gasteiger partial charge on any atom is 0.0650 e. The van der Waals surface area contributed by atoms with Gasteiger partial charge in [-0.2, -0.15) is 0 Å². The fourth-order valence-corrected chi connectivity index (χ4v) is 2.49. The van der Waals surface area contributed by atoms with Gasteiger partial charge in [0, 0.05) is 17.6 Å². The van der Waals surface area contributed by atoms with Crippen LogP contribution in [0.25, 0.3) is 0 Å². The molecular formula is C10H11BrClN. The molecule has 0 aromatic heterocycles.